The number of piperidine rings is 1. The Morgan fingerprint density at radius 3 is 2.69 bits per heavy atom. The van der Waals surface area contributed by atoms with E-state index in [2.05, 4.69) is 57.7 Å². The van der Waals surface area contributed by atoms with Crippen molar-refractivity contribution in [1.82, 2.24) is 35.0 Å². The Hall–Kier alpha value is -2.85. The molecule has 0 saturated carbocycles. The van der Waals surface area contributed by atoms with E-state index in [0.29, 0.717) is 17.6 Å². The van der Waals surface area contributed by atoms with E-state index in [9.17, 15) is 0 Å². The number of allylic oxidation sites excluding steroid dienone is 2. The Morgan fingerprint density at radius 2 is 2.06 bits per heavy atom. The van der Waals surface area contributed by atoms with Crippen molar-refractivity contribution >= 4 is 38.4 Å². The molecular formula is C22H29N9S. The number of hydrogen-bond donors (Lipinski definition) is 2. The quantitative estimate of drug-likeness (QED) is 0.556. The number of anilines is 1. The van der Waals surface area contributed by atoms with Gasteiger partial charge in [0, 0.05) is 30.4 Å². The van der Waals surface area contributed by atoms with Crippen LogP contribution in [0.1, 0.15) is 52.3 Å². The van der Waals surface area contributed by atoms with Crippen molar-refractivity contribution < 1.29 is 0 Å². The summed E-state index contributed by atoms with van der Waals surface area (Å²) < 4.78 is 1.66. The van der Waals surface area contributed by atoms with Crippen molar-refractivity contribution in [3.8, 4) is 0 Å². The summed E-state index contributed by atoms with van der Waals surface area (Å²) in [5.74, 6) is 0.658. The molecule has 10 heteroatoms. The highest BCUT2D eigenvalue weighted by Crippen LogP contribution is 2.44. The van der Waals surface area contributed by atoms with Gasteiger partial charge in [-0.1, -0.05) is 17.9 Å². The summed E-state index contributed by atoms with van der Waals surface area (Å²) in [5, 5.41) is 8.97. The summed E-state index contributed by atoms with van der Waals surface area (Å²) in [7, 11) is 2.16. The van der Waals surface area contributed by atoms with Crippen LogP contribution in [0.25, 0.3) is 16.2 Å². The second kappa shape index (κ2) is 7.63. The zero-order valence-corrected chi connectivity index (χ0v) is 19.8. The van der Waals surface area contributed by atoms with Crippen LogP contribution in [0.4, 0.5) is 5.13 Å². The van der Waals surface area contributed by atoms with Gasteiger partial charge in [0.05, 0.1) is 5.70 Å². The van der Waals surface area contributed by atoms with Gasteiger partial charge >= 0.3 is 0 Å². The van der Waals surface area contributed by atoms with Gasteiger partial charge in [0.15, 0.2) is 21.4 Å². The molecule has 2 bridgehead atoms. The van der Waals surface area contributed by atoms with Crippen LogP contribution in [0.15, 0.2) is 36.5 Å². The van der Waals surface area contributed by atoms with Crippen molar-refractivity contribution in [3.05, 3.63) is 37.3 Å². The minimum atomic E-state index is 0.225. The van der Waals surface area contributed by atoms with Crippen LogP contribution in [0.2, 0.25) is 0 Å². The summed E-state index contributed by atoms with van der Waals surface area (Å²) >= 11 is 1.62. The Kier molecular flexibility index (Phi) is 5.01. The molecule has 0 aliphatic carbocycles. The van der Waals surface area contributed by atoms with Gasteiger partial charge in [-0.15, -0.1) is 0 Å². The minimum Gasteiger partial charge on any atom is -0.348 e. The Balaban J connectivity index is 1.36. The second-order valence-electron chi connectivity index (χ2n) is 9.48. The summed E-state index contributed by atoms with van der Waals surface area (Å²) in [6.45, 7) is 10.5. The lowest BCUT2D eigenvalue weighted by Crippen LogP contribution is -2.58. The number of imidazole rings is 1. The second-order valence-corrected chi connectivity index (χ2v) is 10.4. The van der Waals surface area contributed by atoms with Crippen molar-refractivity contribution in [2.75, 3.05) is 11.9 Å². The average Bonchev–Trinajstić information content (AvgIpc) is 3.51. The van der Waals surface area contributed by atoms with Gasteiger partial charge in [0.1, 0.15) is 18.4 Å². The average molecular weight is 452 g/mol. The van der Waals surface area contributed by atoms with Crippen LogP contribution >= 0.6 is 11.3 Å². The molecule has 9 nitrogen and oxygen atoms in total. The third kappa shape index (κ3) is 3.77. The maximum absolute atomic E-state index is 4.86. The largest absolute Gasteiger partial charge is 0.348 e. The molecule has 2 aliphatic rings. The molecule has 0 radical (unpaired) electrons. The number of H-pyrrole nitrogens is 1. The fourth-order valence-corrected chi connectivity index (χ4v) is 5.98. The number of aromatic nitrogens is 6. The first kappa shape index (κ1) is 21.0. The van der Waals surface area contributed by atoms with Crippen LogP contribution < -0.4 is 10.2 Å². The minimum absolute atomic E-state index is 0.225. The van der Waals surface area contributed by atoms with E-state index in [0.717, 1.165) is 34.1 Å². The topological polar surface area (TPSA) is 99.9 Å². The van der Waals surface area contributed by atoms with Crippen molar-refractivity contribution in [2.45, 2.75) is 63.6 Å². The van der Waals surface area contributed by atoms with Gasteiger partial charge < -0.3 is 15.2 Å². The summed E-state index contributed by atoms with van der Waals surface area (Å²) in [4.78, 5) is 24.6. The third-order valence-electron chi connectivity index (χ3n) is 6.71. The van der Waals surface area contributed by atoms with Crippen molar-refractivity contribution in [2.24, 2.45) is 4.99 Å². The van der Waals surface area contributed by atoms with Gasteiger partial charge in [-0.25, -0.2) is 19.6 Å². The molecule has 5 heterocycles. The molecule has 0 amide bonds. The lowest BCUT2D eigenvalue weighted by molar-refractivity contribution is 0.208. The maximum Gasteiger partial charge on any atom is 0.189 e. The SMILES string of the molecule is C=CC(=N/C=C(\C)n1cncn1)c1nc2sc(N(C)C3C[C@]4(C)CC[C@](C)(C3)N4)nc2[nH]1. The van der Waals surface area contributed by atoms with E-state index in [1.54, 1.807) is 34.6 Å². The lowest BCUT2D eigenvalue weighted by Gasteiger charge is -2.45. The van der Waals surface area contributed by atoms with Gasteiger partial charge in [0.25, 0.3) is 0 Å². The summed E-state index contributed by atoms with van der Waals surface area (Å²) in [5.41, 5.74) is 2.73. The van der Waals surface area contributed by atoms with E-state index in [1.165, 1.54) is 19.2 Å². The molecular weight excluding hydrogens is 422 g/mol. The Labute approximate surface area is 191 Å². The number of fused-ring (bicyclic) bond motifs is 3. The van der Waals surface area contributed by atoms with Gasteiger partial charge in [-0.3, -0.25) is 4.99 Å². The number of thiazole rings is 1. The van der Waals surface area contributed by atoms with Crippen LogP contribution in [-0.2, 0) is 0 Å². The Bertz CT molecular complexity index is 1150. The van der Waals surface area contributed by atoms with Crippen LogP contribution in [-0.4, -0.2) is 59.6 Å². The molecule has 3 aromatic rings. The predicted molar refractivity (Wildman–Crippen MR) is 129 cm³/mol. The molecule has 3 aromatic heterocycles. The highest BCUT2D eigenvalue weighted by molar-refractivity contribution is 7.21. The normalized spacial score (nSPS) is 28.4. The lowest BCUT2D eigenvalue weighted by atomic mass is 9.84. The molecule has 1 unspecified atom stereocenters. The standard InChI is InChI=1S/C22H29N9S/c1-6-16(24-11-14(2)31-13-23-12-25-31)17-26-18-19(27-17)32-20(28-18)30(5)15-9-21(3)7-8-22(4,10-15)29-21/h6,11-13,15,29H,1,7-10H2,2-5H3,(H,26,27)/b14-11+,24-16?/t15?,21-,22+. The van der Waals surface area contributed by atoms with Gasteiger partial charge in [0.2, 0.25) is 0 Å². The molecule has 2 fully saturated rings. The van der Waals surface area contributed by atoms with E-state index in [1.807, 2.05) is 6.92 Å². The number of hydrogen-bond acceptors (Lipinski definition) is 8. The number of nitrogens with one attached hydrogen (secondary N) is 2. The van der Waals surface area contributed by atoms with Crippen molar-refractivity contribution in [3.63, 3.8) is 0 Å². The molecule has 0 aromatic carbocycles. The first-order valence-electron chi connectivity index (χ1n) is 10.9. The van der Waals surface area contributed by atoms with E-state index in [4.69, 9.17) is 9.97 Å². The van der Waals surface area contributed by atoms with Gasteiger partial charge in [-0.05, 0) is 52.5 Å². The highest BCUT2D eigenvalue weighted by Gasteiger charge is 2.49. The van der Waals surface area contributed by atoms with E-state index >= 15 is 0 Å². The molecule has 0 spiro atoms. The van der Waals surface area contributed by atoms with Crippen molar-refractivity contribution in [1.29, 1.82) is 0 Å². The molecule has 168 valence electrons. The molecule has 32 heavy (non-hydrogen) atoms. The zero-order chi connectivity index (χ0) is 22.5. The number of aliphatic imine (C=N–C) groups is 1. The number of aromatic amines is 1. The predicted octanol–water partition coefficient (Wildman–Crippen LogP) is 3.60. The smallest absolute Gasteiger partial charge is 0.189 e. The monoisotopic (exact) mass is 451 g/mol. The van der Waals surface area contributed by atoms with Crippen LogP contribution in [0.3, 0.4) is 0 Å². The van der Waals surface area contributed by atoms with Crippen LogP contribution in [0, 0.1) is 0 Å². The molecule has 5 rings (SSSR count). The molecule has 2 aliphatic heterocycles. The maximum atomic E-state index is 4.86. The van der Waals surface area contributed by atoms with E-state index < -0.39 is 0 Å². The molecule has 3 atom stereocenters. The highest BCUT2D eigenvalue weighted by atomic mass is 32.1. The molecule has 2 saturated heterocycles. The molecule has 2 N–H and O–H groups in total. The summed E-state index contributed by atoms with van der Waals surface area (Å²) in [6, 6.07) is 0.471. The number of nitrogens with zero attached hydrogens (tertiary/aromatic N) is 7. The van der Waals surface area contributed by atoms with Gasteiger partial charge in [-0.2, -0.15) is 5.10 Å². The summed E-state index contributed by atoms with van der Waals surface area (Å²) in [6.07, 6.45) is 11.3. The fourth-order valence-electron chi connectivity index (χ4n) is 5.05. The first-order chi connectivity index (χ1) is 15.3. The van der Waals surface area contributed by atoms with Crippen LogP contribution in [0.5, 0.6) is 0 Å². The number of rotatable bonds is 6. The fraction of sp³-hybridized carbons (Fsp3) is 0.500. The first-order valence-corrected chi connectivity index (χ1v) is 11.7. The third-order valence-corrected chi connectivity index (χ3v) is 7.75. The van der Waals surface area contributed by atoms with E-state index in [-0.39, 0.29) is 11.1 Å². The Morgan fingerprint density at radius 1 is 1.31 bits per heavy atom. The zero-order valence-electron chi connectivity index (χ0n) is 19.0.